The fourth-order valence-electron chi connectivity index (χ4n) is 4.30. The minimum Gasteiger partial charge on any atom is -0.508 e. The summed E-state index contributed by atoms with van der Waals surface area (Å²) in [6.45, 7) is 0. The van der Waals surface area contributed by atoms with Crippen molar-refractivity contribution in [2.45, 2.75) is 12.3 Å². The molecule has 0 bridgehead atoms. The third-order valence-corrected chi connectivity index (χ3v) is 5.89. The van der Waals surface area contributed by atoms with Crippen molar-refractivity contribution in [3.05, 3.63) is 75.9 Å². The lowest BCUT2D eigenvalue weighted by Crippen LogP contribution is -2.22. The molecule has 172 valence electrons. The van der Waals surface area contributed by atoms with Gasteiger partial charge in [-0.25, -0.2) is 0 Å². The average molecular weight is 460 g/mol. The van der Waals surface area contributed by atoms with E-state index >= 15 is 0 Å². The number of hydrogen-bond acceptors (Lipinski definition) is 8. The summed E-state index contributed by atoms with van der Waals surface area (Å²) >= 11 is 0. The van der Waals surface area contributed by atoms with Crippen LogP contribution in [0.2, 0.25) is 0 Å². The highest BCUT2D eigenvalue weighted by Gasteiger charge is 2.35. The highest BCUT2D eigenvalue weighted by molar-refractivity contribution is 5.93. The van der Waals surface area contributed by atoms with Crippen LogP contribution in [0.1, 0.15) is 23.5 Å². The number of methoxy groups -OCH3 is 2. The molecule has 3 aromatic carbocycles. The molecule has 8 heteroatoms. The van der Waals surface area contributed by atoms with Gasteiger partial charge in [-0.2, -0.15) is 0 Å². The zero-order valence-corrected chi connectivity index (χ0v) is 18.3. The van der Waals surface area contributed by atoms with E-state index in [-0.39, 0.29) is 40.4 Å². The van der Waals surface area contributed by atoms with Crippen molar-refractivity contribution in [2.24, 2.45) is 0 Å². The molecular formula is C26H20O8. The van der Waals surface area contributed by atoms with Gasteiger partial charge in [0, 0.05) is 40.8 Å². The van der Waals surface area contributed by atoms with Gasteiger partial charge in [0.05, 0.1) is 20.6 Å². The number of carbonyl (C=O) groups excluding carboxylic acids is 1. The molecule has 1 aliphatic rings. The molecule has 0 unspecified atom stereocenters. The van der Waals surface area contributed by atoms with Gasteiger partial charge in [-0.1, -0.05) is 6.07 Å². The summed E-state index contributed by atoms with van der Waals surface area (Å²) in [5.74, 6) is 0.0666. The molecule has 34 heavy (non-hydrogen) atoms. The van der Waals surface area contributed by atoms with Crippen LogP contribution in [0.5, 0.6) is 28.7 Å². The molecule has 1 atom stereocenters. The second-order valence-corrected chi connectivity index (χ2v) is 7.87. The molecule has 1 aromatic heterocycles. The Morgan fingerprint density at radius 3 is 2.41 bits per heavy atom. The topological polar surface area (TPSA) is 115 Å². The van der Waals surface area contributed by atoms with Gasteiger partial charge in [0.15, 0.2) is 5.43 Å². The largest absolute Gasteiger partial charge is 0.508 e. The number of hydrogen-bond donors (Lipinski definition) is 2. The monoisotopic (exact) mass is 460 g/mol. The highest BCUT2D eigenvalue weighted by Crippen LogP contribution is 2.48. The van der Waals surface area contributed by atoms with Gasteiger partial charge in [0.2, 0.25) is 0 Å². The van der Waals surface area contributed by atoms with Gasteiger partial charge in [-0.15, -0.1) is 0 Å². The number of benzene rings is 3. The first kappa shape index (κ1) is 21.4. The van der Waals surface area contributed by atoms with E-state index in [2.05, 4.69) is 0 Å². The van der Waals surface area contributed by atoms with E-state index in [1.165, 1.54) is 38.5 Å². The summed E-state index contributed by atoms with van der Waals surface area (Å²) in [6, 6.07) is 13.9. The molecule has 0 fully saturated rings. The van der Waals surface area contributed by atoms with Gasteiger partial charge in [-0.3, -0.25) is 9.59 Å². The van der Waals surface area contributed by atoms with Crippen LogP contribution in [-0.4, -0.2) is 30.4 Å². The number of phenolic OH excluding ortho intramolecular Hbond substituents is 2. The summed E-state index contributed by atoms with van der Waals surface area (Å²) in [6.07, 6.45) is -0.0251. The van der Waals surface area contributed by atoms with Crippen molar-refractivity contribution in [1.29, 1.82) is 0 Å². The van der Waals surface area contributed by atoms with Crippen molar-refractivity contribution < 1.29 is 33.6 Å². The minimum absolute atomic E-state index is 0.0169. The fourth-order valence-corrected chi connectivity index (χ4v) is 4.30. The second-order valence-electron chi connectivity index (χ2n) is 7.87. The Morgan fingerprint density at radius 1 is 0.941 bits per heavy atom. The number of esters is 1. The highest BCUT2D eigenvalue weighted by atomic mass is 16.5. The van der Waals surface area contributed by atoms with Gasteiger partial charge < -0.3 is 28.8 Å². The molecular weight excluding hydrogens is 440 g/mol. The number of carbonyl (C=O) groups is 1. The van der Waals surface area contributed by atoms with Crippen LogP contribution in [0, 0.1) is 0 Å². The normalized spacial score (nSPS) is 15.0. The lowest BCUT2D eigenvalue weighted by Gasteiger charge is -2.27. The molecule has 0 radical (unpaired) electrons. The minimum atomic E-state index is -0.571. The summed E-state index contributed by atoms with van der Waals surface area (Å²) in [5.41, 5.74) is 1.34. The zero-order chi connectivity index (χ0) is 24.0. The third kappa shape index (κ3) is 3.49. The Morgan fingerprint density at radius 2 is 1.71 bits per heavy atom. The Hall–Kier alpha value is -4.46. The Balaban J connectivity index is 1.81. The maximum absolute atomic E-state index is 13.0. The molecule has 4 aromatic rings. The molecule has 2 N–H and O–H groups in total. The Labute approximate surface area is 193 Å². The van der Waals surface area contributed by atoms with Crippen LogP contribution >= 0.6 is 0 Å². The summed E-state index contributed by atoms with van der Waals surface area (Å²) in [5, 5.41) is 20.2. The summed E-state index contributed by atoms with van der Waals surface area (Å²) < 4.78 is 22.4. The number of rotatable bonds is 4. The molecule has 0 amide bonds. The number of phenols is 2. The van der Waals surface area contributed by atoms with Crippen LogP contribution in [0.3, 0.4) is 0 Å². The van der Waals surface area contributed by atoms with E-state index < -0.39 is 17.3 Å². The lowest BCUT2D eigenvalue weighted by atomic mass is 9.84. The quantitative estimate of drug-likeness (QED) is 0.342. The van der Waals surface area contributed by atoms with Crippen molar-refractivity contribution in [3.63, 3.8) is 0 Å². The van der Waals surface area contributed by atoms with Crippen LogP contribution in [0.4, 0.5) is 0 Å². The molecule has 0 saturated carbocycles. The molecule has 5 rings (SSSR count). The fraction of sp³-hybridized carbons (Fsp3) is 0.154. The average Bonchev–Trinajstić information content (AvgIpc) is 2.83. The van der Waals surface area contributed by atoms with Crippen molar-refractivity contribution in [3.8, 4) is 40.1 Å². The maximum atomic E-state index is 13.0. The van der Waals surface area contributed by atoms with Gasteiger partial charge in [0.1, 0.15) is 45.5 Å². The molecule has 1 aliphatic heterocycles. The third-order valence-electron chi connectivity index (χ3n) is 5.89. The number of aromatic hydroxyl groups is 2. The molecule has 2 heterocycles. The molecule has 0 aliphatic carbocycles. The van der Waals surface area contributed by atoms with Crippen molar-refractivity contribution in [1.82, 2.24) is 0 Å². The molecule has 0 spiro atoms. The zero-order valence-electron chi connectivity index (χ0n) is 18.3. The van der Waals surface area contributed by atoms with E-state index in [0.717, 1.165) is 0 Å². The van der Waals surface area contributed by atoms with E-state index in [1.807, 2.05) is 0 Å². The first-order valence-electron chi connectivity index (χ1n) is 10.4. The summed E-state index contributed by atoms with van der Waals surface area (Å²) in [4.78, 5) is 25.5. The van der Waals surface area contributed by atoms with Gasteiger partial charge in [-0.05, 0) is 30.3 Å². The second kappa shape index (κ2) is 8.15. The van der Waals surface area contributed by atoms with Gasteiger partial charge in [0.25, 0.3) is 0 Å². The number of fused-ring (bicyclic) bond motifs is 3. The SMILES string of the molecule is COc1ccc([C@H]2CC(=O)Oc3cc(O)c4c(=O)cc(-c5ccc(O)cc5)oc4c32)c(OC)c1. The van der Waals surface area contributed by atoms with Crippen LogP contribution in [0.15, 0.2) is 63.8 Å². The van der Waals surface area contributed by atoms with Crippen molar-refractivity contribution in [2.75, 3.05) is 14.2 Å². The van der Waals surface area contributed by atoms with E-state index in [1.54, 1.807) is 30.3 Å². The maximum Gasteiger partial charge on any atom is 0.312 e. The predicted molar refractivity (Wildman–Crippen MR) is 123 cm³/mol. The van der Waals surface area contributed by atoms with E-state index in [9.17, 15) is 19.8 Å². The molecule has 8 nitrogen and oxygen atoms in total. The number of ether oxygens (including phenoxy) is 3. The van der Waals surface area contributed by atoms with Crippen LogP contribution in [0.25, 0.3) is 22.3 Å². The van der Waals surface area contributed by atoms with Crippen molar-refractivity contribution >= 4 is 16.9 Å². The summed E-state index contributed by atoms with van der Waals surface area (Å²) in [7, 11) is 3.05. The Bertz CT molecular complexity index is 1480. The first-order valence-corrected chi connectivity index (χ1v) is 10.4. The van der Waals surface area contributed by atoms with Crippen LogP contribution in [-0.2, 0) is 4.79 Å². The van der Waals surface area contributed by atoms with E-state index in [0.29, 0.717) is 28.2 Å². The Kier molecular flexibility index (Phi) is 5.13. The van der Waals surface area contributed by atoms with E-state index in [4.69, 9.17) is 18.6 Å². The molecule has 0 saturated heterocycles. The standard InChI is InChI=1S/C26H20O8/c1-31-15-7-8-16(21(9-15)32-2)17-10-23(30)33-22-12-19(29)25-18(28)11-20(34-26(25)24(17)22)13-3-5-14(27)6-4-13/h3-9,11-12,17,27,29H,10H2,1-2H3/t17-/m1/s1. The van der Waals surface area contributed by atoms with Crippen LogP contribution < -0.4 is 19.6 Å². The van der Waals surface area contributed by atoms with Gasteiger partial charge >= 0.3 is 5.97 Å². The lowest BCUT2D eigenvalue weighted by molar-refractivity contribution is -0.135. The predicted octanol–water partition coefficient (Wildman–Crippen LogP) is 4.33. The smallest absolute Gasteiger partial charge is 0.312 e. The first-order chi connectivity index (χ1) is 16.4.